The molecule has 0 aromatic heterocycles. The van der Waals surface area contributed by atoms with Gasteiger partial charge in [-0.05, 0) is 18.8 Å². The molecule has 1 saturated carbocycles. The number of hydrogen-bond acceptors (Lipinski definition) is 3. The predicted molar refractivity (Wildman–Crippen MR) is 59.4 cm³/mol. The van der Waals surface area contributed by atoms with Gasteiger partial charge in [0.15, 0.2) is 6.61 Å². The number of rotatable bonds is 5. The lowest BCUT2D eigenvalue weighted by Gasteiger charge is -2.08. The van der Waals surface area contributed by atoms with Crippen molar-refractivity contribution in [2.45, 2.75) is 32.1 Å². The Kier molecular flexibility index (Phi) is 5.41. The quantitative estimate of drug-likeness (QED) is 0.555. The van der Waals surface area contributed by atoms with E-state index >= 15 is 0 Å². The highest BCUT2D eigenvalue weighted by Crippen LogP contribution is 2.27. The molecular formula is C12H17NO3. The van der Waals surface area contributed by atoms with Gasteiger partial charge in [-0.15, -0.1) is 6.42 Å². The zero-order valence-corrected chi connectivity index (χ0v) is 9.33. The average molecular weight is 223 g/mol. The minimum atomic E-state index is -0.349. The normalized spacial score (nSPS) is 15.4. The Morgan fingerprint density at radius 1 is 1.38 bits per heavy atom. The van der Waals surface area contributed by atoms with E-state index in [1.807, 2.05) is 0 Å². The molecule has 1 aliphatic rings. The molecule has 4 heteroatoms. The van der Waals surface area contributed by atoms with Crippen LogP contribution in [0.3, 0.4) is 0 Å². The van der Waals surface area contributed by atoms with Gasteiger partial charge >= 0.3 is 5.97 Å². The molecule has 88 valence electrons. The van der Waals surface area contributed by atoms with Crippen LogP contribution in [0.5, 0.6) is 0 Å². The van der Waals surface area contributed by atoms with Gasteiger partial charge in [0.2, 0.25) is 0 Å². The van der Waals surface area contributed by atoms with E-state index in [0.717, 1.165) is 12.8 Å². The van der Waals surface area contributed by atoms with E-state index in [1.54, 1.807) is 0 Å². The zero-order chi connectivity index (χ0) is 11.8. The molecule has 0 aliphatic heterocycles. The number of nitrogens with one attached hydrogen (secondary N) is 1. The summed E-state index contributed by atoms with van der Waals surface area (Å²) in [7, 11) is 0. The molecule has 1 aliphatic carbocycles. The first kappa shape index (κ1) is 12.6. The summed E-state index contributed by atoms with van der Waals surface area (Å²) in [6.45, 7) is -0.0633. The van der Waals surface area contributed by atoms with Crippen molar-refractivity contribution in [3.05, 3.63) is 0 Å². The monoisotopic (exact) mass is 223 g/mol. The number of amides is 1. The van der Waals surface area contributed by atoms with E-state index in [-0.39, 0.29) is 25.0 Å². The Hall–Kier alpha value is -1.50. The molecule has 1 rings (SSSR count). The molecule has 16 heavy (non-hydrogen) atoms. The van der Waals surface area contributed by atoms with Gasteiger partial charge < -0.3 is 10.1 Å². The first-order valence-corrected chi connectivity index (χ1v) is 5.58. The van der Waals surface area contributed by atoms with Crippen LogP contribution >= 0.6 is 0 Å². The molecule has 0 aromatic carbocycles. The second kappa shape index (κ2) is 6.89. The number of terminal acetylenes is 1. The molecule has 0 aromatic rings. The maximum atomic E-state index is 11.3. The van der Waals surface area contributed by atoms with Crippen LogP contribution in [0.15, 0.2) is 0 Å². The van der Waals surface area contributed by atoms with Crippen LogP contribution in [0.1, 0.15) is 32.1 Å². The maximum absolute atomic E-state index is 11.3. The summed E-state index contributed by atoms with van der Waals surface area (Å²) in [5, 5.41) is 2.43. The molecule has 0 spiro atoms. The van der Waals surface area contributed by atoms with Crippen LogP contribution in [0.25, 0.3) is 0 Å². The Bertz CT molecular complexity index is 287. The Morgan fingerprint density at radius 3 is 2.69 bits per heavy atom. The van der Waals surface area contributed by atoms with Gasteiger partial charge in [0, 0.05) is 6.42 Å². The summed E-state index contributed by atoms with van der Waals surface area (Å²) in [6.07, 6.45) is 9.98. The van der Waals surface area contributed by atoms with E-state index in [0.29, 0.717) is 12.3 Å². The SMILES string of the molecule is C#CCNC(=O)COC(=O)CC1CCCC1. The van der Waals surface area contributed by atoms with E-state index in [2.05, 4.69) is 11.2 Å². The van der Waals surface area contributed by atoms with Crippen LogP contribution < -0.4 is 5.32 Å². The fraction of sp³-hybridized carbons (Fsp3) is 0.667. The number of hydrogen-bond donors (Lipinski definition) is 1. The second-order valence-corrected chi connectivity index (χ2v) is 4.00. The zero-order valence-electron chi connectivity index (χ0n) is 9.33. The highest BCUT2D eigenvalue weighted by atomic mass is 16.5. The number of carbonyl (C=O) groups is 2. The van der Waals surface area contributed by atoms with Crippen molar-refractivity contribution < 1.29 is 14.3 Å². The highest BCUT2D eigenvalue weighted by Gasteiger charge is 2.19. The lowest BCUT2D eigenvalue weighted by molar-refractivity contribution is -0.149. The van der Waals surface area contributed by atoms with Crippen LogP contribution in [-0.4, -0.2) is 25.0 Å². The average Bonchev–Trinajstić information content (AvgIpc) is 2.76. The molecule has 0 saturated heterocycles. The van der Waals surface area contributed by atoms with Gasteiger partial charge in [0.25, 0.3) is 5.91 Å². The summed E-state index contributed by atoms with van der Waals surface area (Å²) in [5.74, 6) is 2.08. The summed E-state index contributed by atoms with van der Waals surface area (Å²) in [5.41, 5.74) is 0. The topological polar surface area (TPSA) is 55.4 Å². The molecule has 1 N–H and O–H groups in total. The number of esters is 1. The van der Waals surface area contributed by atoms with E-state index < -0.39 is 0 Å². The van der Waals surface area contributed by atoms with Crippen molar-refractivity contribution >= 4 is 11.9 Å². The standard InChI is InChI=1S/C12H17NO3/c1-2-7-13-11(14)9-16-12(15)8-10-5-3-4-6-10/h1,10H,3-9H2,(H,13,14). The minimum absolute atomic E-state index is 0.166. The van der Waals surface area contributed by atoms with Crippen molar-refractivity contribution in [2.75, 3.05) is 13.2 Å². The van der Waals surface area contributed by atoms with Crippen LogP contribution in [0, 0.1) is 18.3 Å². The summed E-state index contributed by atoms with van der Waals surface area (Å²) >= 11 is 0. The molecule has 4 nitrogen and oxygen atoms in total. The third kappa shape index (κ3) is 4.83. The number of carbonyl (C=O) groups excluding carboxylic acids is 2. The van der Waals surface area contributed by atoms with E-state index in [4.69, 9.17) is 11.2 Å². The van der Waals surface area contributed by atoms with Gasteiger partial charge in [-0.3, -0.25) is 9.59 Å². The molecule has 1 amide bonds. The lowest BCUT2D eigenvalue weighted by Crippen LogP contribution is -2.29. The smallest absolute Gasteiger partial charge is 0.306 e. The predicted octanol–water partition coefficient (Wildman–Crippen LogP) is 0.859. The van der Waals surface area contributed by atoms with Gasteiger partial charge in [-0.2, -0.15) is 0 Å². The first-order valence-electron chi connectivity index (χ1n) is 5.58. The Labute approximate surface area is 95.7 Å². The fourth-order valence-corrected chi connectivity index (χ4v) is 1.86. The van der Waals surface area contributed by atoms with Gasteiger partial charge in [-0.1, -0.05) is 18.8 Å². The lowest BCUT2D eigenvalue weighted by atomic mass is 10.1. The third-order valence-electron chi connectivity index (χ3n) is 2.68. The molecule has 0 unspecified atom stereocenters. The Balaban J connectivity index is 2.09. The van der Waals surface area contributed by atoms with Crippen molar-refractivity contribution in [3.63, 3.8) is 0 Å². The molecule has 0 atom stereocenters. The van der Waals surface area contributed by atoms with E-state index in [9.17, 15) is 9.59 Å². The highest BCUT2D eigenvalue weighted by molar-refractivity contribution is 5.80. The summed E-state index contributed by atoms with van der Waals surface area (Å²) < 4.78 is 4.84. The van der Waals surface area contributed by atoms with Crippen molar-refractivity contribution in [1.29, 1.82) is 0 Å². The van der Waals surface area contributed by atoms with Crippen LogP contribution in [0.2, 0.25) is 0 Å². The second-order valence-electron chi connectivity index (χ2n) is 4.00. The Morgan fingerprint density at radius 2 is 2.06 bits per heavy atom. The van der Waals surface area contributed by atoms with Gasteiger partial charge in [0.1, 0.15) is 0 Å². The van der Waals surface area contributed by atoms with E-state index in [1.165, 1.54) is 12.8 Å². The molecule has 0 radical (unpaired) electrons. The maximum Gasteiger partial charge on any atom is 0.306 e. The number of ether oxygens (including phenoxy) is 1. The minimum Gasteiger partial charge on any atom is -0.456 e. The largest absolute Gasteiger partial charge is 0.456 e. The molecule has 0 heterocycles. The molecular weight excluding hydrogens is 206 g/mol. The molecule has 0 bridgehead atoms. The van der Waals surface area contributed by atoms with Gasteiger partial charge in [0.05, 0.1) is 6.54 Å². The summed E-state index contributed by atoms with van der Waals surface area (Å²) in [6, 6.07) is 0. The fourth-order valence-electron chi connectivity index (χ4n) is 1.86. The molecule has 1 fully saturated rings. The first-order chi connectivity index (χ1) is 7.72. The summed E-state index contributed by atoms with van der Waals surface area (Å²) in [4.78, 5) is 22.4. The van der Waals surface area contributed by atoms with Gasteiger partial charge in [-0.25, -0.2) is 0 Å². The van der Waals surface area contributed by atoms with Crippen LogP contribution in [-0.2, 0) is 14.3 Å². The van der Waals surface area contributed by atoms with Crippen LogP contribution in [0.4, 0.5) is 0 Å². The van der Waals surface area contributed by atoms with Crippen molar-refractivity contribution in [1.82, 2.24) is 5.32 Å². The third-order valence-corrected chi connectivity index (χ3v) is 2.68. The van der Waals surface area contributed by atoms with Crippen molar-refractivity contribution in [3.8, 4) is 12.3 Å². The van der Waals surface area contributed by atoms with Crippen molar-refractivity contribution in [2.24, 2.45) is 5.92 Å².